The van der Waals surface area contributed by atoms with Gasteiger partial charge in [0.05, 0.1) is 29.6 Å². The van der Waals surface area contributed by atoms with Gasteiger partial charge in [-0.25, -0.2) is 4.79 Å². The average molecular weight is 473 g/mol. The first kappa shape index (κ1) is 22.5. The minimum Gasteiger partial charge on any atom is -0.292 e. The highest BCUT2D eigenvalue weighted by atomic mass is 35.5. The lowest BCUT2D eigenvalue weighted by Gasteiger charge is -2.14. The summed E-state index contributed by atoms with van der Waals surface area (Å²) >= 11 is 6.05. The largest absolute Gasteiger partial charge is 0.416 e. The molecule has 5 nitrogen and oxygen atoms in total. The molecule has 1 heterocycles. The molecule has 9 heteroatoms. The quantitative estimate of drug-likeness (QED) is 0.393. The van der Waals surface area contributed by atoms with Crippen LogP contribution < -0.4 is 11.2 Å². The van der Waals surface area contributed by atoms with Gasteiger partial charge in [0.15, 0.2) is 5.78 Å². The zero-order valence-electron chi connectivity index (χ0n) is 17.0. The number of Topliss-reactive ketones (excluding diaryl/α,β-unsaturated/α-hetero) is 1. The van der Waals surface area contributed by atoms with E-state index in [-0.39, 0.29) is 28.0 Å². The van der Waals surface area contributed by atoms with Gasteiger partial charge in [-0.3, -0.25) is 18.7 Å². The van der Waals surface area contributed by atoms with Gasteiger partial charge in [-0.05, 0) is 35.9 Å². The molecule has 0 amide bonds. The van der Waals surface area contributed by atoms with Crippen LogP contribution in [0.1, 0.15) is 21.5 Å². The molecule has 0 saturated heterocycles. The number of ketones is 1. The Bertz CT molecular complexity index is 1470. The number of carbonyl (C=O) groups excluding carboxylic acids is 1. The molecule has 0 aliphatic carbocycles. The van der Waals surface area contributed by atoms with E-state index in [4.69, 9.17) is 11.6 Å². The summed E-state index contributed by atoms with van der Waals surface area (Å²) < 4.78 is 41.2. The van der Waals surface area contributed by atoms with Crippen molar-refractivity contribution in [2.24, 2.45) is 0 Å². The number of alkyl halides is 3. The molecule has 0 radical (unpaired) electrons. The minimum absolute atomic E-state index is 0.0429. The molecule has 33 heavy (non-hydrogen) atoms. The lowest BCUT2D eigenvalue weighted by Crippen LogP contribution is -2.41. The van der Waals surface area contributed by atoms with Gasteiger partial charge in [-0.1, -0.05) is 54.1 Å². The third-order valence-corrected chi connectivity index (χ3v) is 5.42. The van der Waals surface area contributed by atoms with E-state index < -0.39 is 35.3 Å². The fourth-order valence-corrected chi connectivity index (χ4v) is 3.73. The summed E-state index contributed by atoms with van der Waals surface area (Å²) in [6.07, 6.45) is -4.61. The van der Waals surface area contributed by atoms with Crippen molar-refractivity contribution in [1.29, 1.82) is 0 Å². The molecule has 168 valence electrons. The second-order valence-corrected chi connectivity index (χ2v) is 7.85. The first-order valence-electron chi connectivity index (χ1n) is 9.82. The van der Waals surface area contributed by atoms with Crippen LogP contribution in [0.4, 0.5) is 13.2 Å². The van der Waals surface area contributed by atoms with Crippen LogP contribution in [0, 0.1) is 0 Å². The van der Waals surface area contributed by atoms with Crippen LogP contribution in [0.2, 0.25) is 5.02 Å². The number of halogens is 4. The lowest BCUT2D eigenvalue weighted by molar-refractivity contribution is -0.137. The van der Waals surface area contributed by atoms with E-state index >= 15 is 0 Å². The molecular formula is C24H16ClF3N2O3. The van der Waals surface area contributed by atoms with Crippen LogP contribution in [0.15, 0.2) is 82.4 Å². The van der Waals surface area contributed by atoms with E-state index in [0.717, 1.165) is 27.3 Å². The molecule has 1 aromatic heterocycles. The summed E-state index contributed by atoms with van der Waals surface area (Å²) in [6.45, 7) is -0.591. The molecule has 0 bridgehead atoms. The molecule has 0 aliphatic heterocycles. The van der Waals surface area contributed by atoms with E-state index in [1.807, 2.05) is 0 Å². The third kappa shape index (κ3) is 4.61. The molecule has 0 spiro atoms. The van der Waals surface area contributed by atoms with Gasteiger partial charge >= 0.3 is 11.9 Å². The van der Waals surface area contributed by atoms with Gasteiger partial charge in [0.2, 0.25) is 0 Å². The van der Waals surface area contributed by atoms with Crippen LogP contribution in [0.25, 0.3) is 10.9 Å². The van der Waals surface area contributed by atoms with Crippen LogP contribution in [0.5, 0.6) is 0 Å². The average Bonchev–Trinajstić information content (AvgIpc) is 2.79. The Kier molecular flexibility index (Phi) is 5.95. The highest BCUT2D eigenvalue weighted by Crippen LogP contribution is 2.29. The van der Waals surface area contributed by atoms with Crippen molar-refractivity contribution >= 4 is 28.3 Å². The molecular weight excluding hydrogens is 457 g/mol. The van der Waals surface area contributed by atoms with Crippen molar-refractivity contribution in [3.05, 3.63) is 115 Å². The monoisotopic (exact) mass is 472 g/mol. The first-order chi connectivity index (χ1) is 15.6. The maximum Gasteiger partial charge on any atom is 0.416 e. The summed E-state index contributed by atoms with van der Waals surface area (Å²) in [7, 11) is 0. The standard InChI is InChI=1S/C24H16ClF3N2O3/c25-18-9-10-20-19(12-18)22(32)30(13-15-5-2-1-3-6-15)23(33)29(20)14-21(31)16-7-4-8-17(11-16)24(26,27)28/h1-12H,13-14H2. The van der Waals surface area contributed by atoms with Crippen LogP contribution in [-0.2, 0) is 19.3 Å². The number of aromatic nitrogens is 2. The molecule has 0 saturated carbocycles. The van der Waals surface area contributed by atoms with Crippen LogP contribution >= 0.6 is 11.6 Å². The predicted octanol–water partition coefficient (Wildman–Crippen LogP) is 4.77. The Morgan fingerprint density at radius 2 is 1.61 bits per heavy atom. The Balaban J connectivity index is 1.84. The molecule has 0 unspecified atom stereocenters. The number of hydrogen-bond donors (Lipinski definition) is 0. The third-order valence-electron chi connectivity index (χ3n) is 5.18. The molecule has 4 aromatic rings. The summed E-state index contributed by atoms with van der Waals surface area (Å²) in [5.74, 6) is -0.704. The van der Waals surface area contributed by atoms with Gasteiger partial charge in [0.1, 0.15) is 0 Å². The molecule has 0 aliphatic rings. The fraction of sp³-hybridized carbons (Fsp3) is 0.125. The minimum atomic E-state index is -4.61. The van der Waals surface area contributed by atoms with Crippen LogP contribution in [0.3, 0.4) is 0 Å². The van der Waals surface area contributed by atoms with E-state index in [0.29, 0.717) is 5.56 Å². The highest BCUT2D eigenvalue weighted by Gasteiger charge is 2.31. The first-order valence-corrected chi connectivity index (χ1v) is 10.2. The maximum atomic E-state index is 13.2. The molecule has 3 aromatic carbocycles. The Labute approximate surface area is 190 Å². The maximum absolute atomic E-state index is 13.2. The number of carbonyl (C=O) groups is 1. The van der Waals surface area contributed by atoms with Crippen molar-refractivity contribution in [3.8, 4) is 0 Å². The summed E-state index contributed by atoms with van der Waals surface area (Å²) in [5, 5.41) is 0.384. The van der Waals surface area contributed by atoms with Crippen molar-refractivity contribution < 1.29 is 18.0 Å². The van der Waals surface area contributed by atoms with Crippen molar-refractivity contribution in [1.82, 2.24) is 9.13 Å². The van der Waals surface area contributed by atoms with E-state index in [1.54, 1.807) is 30.3 Å². The number of fused-ring (bicyclic) bond motifs is 1. The topological polar surface area (TPSA) is 61.1 Å². The van der Waals surface area contributed by atoms with Gasteiger partial charge in [0, 0.05) is 10.6 Å². The smallest absolute Gasteiger partial charge is 0.292 e. The van der Waals surface area contributed by atoms with Crippen LogP contribution in [-0.4, -0.2) is 14.9 Å². The van der Waals surface area contributed by atoms with E-state index in [1.165, 1.54) is 24.3 Å². The Morgan fingerprint density at radius 3 is 2.30 bits per heavy atom. The molecule has 0 N–H and O–H groups in total. The zero-order chi connectivity index (χ0) is 23.8. The zero-order valence-corrected chi connectivity index (χ0v) is 17.7. The lowest BCUT2D eigenvalue weighted by atomic mass is 10.1. The van der Waals surface area contributed by atoms with E-state index in [2.05, 4.69) is 0 Å². The number of nitrogens with zero attached hydrogens (tertiary/aromatic N) is 2. The van der Waals surface area contributed by atoms with Crippen molar-refractivity contribution in [2.75, 3.05) is 0 Å². The molecule has 4 rings (SSSR count). The summed E-state index contributed by atoms with van der Waals surface area (Å²) in [4.78, 5) is 39.2. The number of benzene rings is 3. The van der Waals surface area contributed by atoms with Crippen molar-refractivity contribution in [3.63, 3.8) is 0 Å². The molecule has 0 fully saturated rings. The van der Waals surface area contributed by atoms with Gasteiger partial charge in [-0.2, -0.15) is 13.2 Å². The number of rotatable bonds is 5. The number of hydrogen-bond acceptors (Lipinski definition) is 3. The van der Waals surface area contributed by atoms with Gasteiger partial charge in [0.25, 0.3) is 5.56 Å². The fourth-order valence-electron chi connectivity index (χ4n) is 3.56. The highest BCUT2D eigenvalue weighted by molar-refractivity contribution is 6.31. The Hall–Kier alpha value is -3.65. The van der Waals surface area contributed by atoms with Gasteiger partial charge in [-0.15, -0.1) is 0 Å². The molecule has 0 atom stereocenters. The SMILES string of the molecule is O=C(Cn1c(=O)n(Cc2ccccc2)c(=O)c2cc(Cl)ccc21)c1cccc(C(F)(F)F)c1. The predicted molar refractivity (Wildman–Crippen MR) is 119 cm³/mol. The normalized spacial score (nSPS) is 11.6. The van der Waals surface area contributed by atoms with Gasteiger partial charge < -0.3 is 0 Å². The van der Waals surface area contributed by atoms with E-state index in [9.17, 15) is 27.6 Å². The summed E-state index contributed by atoms with van der Waals surface area (Å²) in [5.41, 5.74) is -1.64. The second-order valence-electron chi connectivity index (χ2n) is 7.41. The van der Waals surface area contributed by atoms with Crippen molar-refractivity contribution in [2.45, 2.75) is 19.3 Å². The summed E-state index contributed by atoms with van der Waals surface area (Å²) in [6, 6.07) is 17.1. The Morgan fingerprint density at radius 1 is 0.879 bits per heavy atom. The second kappa shape index (κ2) is 8.71.